The Balaban J connectivity index is 1.62. The number of carbonyl (C=O) groups excluding carboxylic acids is 2. The van der Waals surface area contributed by atoms with Gasteiger partial charge in [0.05, 0.1) is 31.0 Å². The van der Waals surface area contributed by atoms with Crippen molar-refractivity contribution in [2.45, 2.75) is 33.5 Å². The molecule has 0 radical (unpaired) electrons. The summed E-state index contributed by atoms with van der Waals surface area (Å²) in [7, 11) is 1.76. The minimum Gasteiger partial charge on any atom is -0.373 e. The maximum Gasteiger partial charge on any atom is 0.251 e. The summed E-state index contributed by atoms with van der Waals surface area (Å²) >= 11 is 0. The molecule has 138 valence electrons. The van der Waals surface area contributed by atoms with Crippen molar-refractivity contribution in [2.24, 2.45) is 5.92 Å². The van der Waals surface area contributed by atoms with Gasteiger partial charge >= 0.3 is 0 Å². The fourth-order valence-corrected chi connectivity index (χ4v) is 2.95. The molecule has 0 spiro atoms. The zero-order valence-electron chi connectivity index (χ0n) is 15.3. The predicted molar refractivity (Wildman–Crippen MR) is 97.4 cm³/mol. The second-order valence-corrected chi connectivity index (χ2v) is 6.63. The molecule has 2 amide bonds. The first-order valence-electron chi connectivity index (χ1n) is 8.74. The number of aromatic nitrogens is 3. The monoisotopic (exact) mass is 356 g/mol. The van der Waals surface area contributed by atoms with E-state index >= 15 is 0 Å². The second kappa shape index (κ2) is 7.55. The lowest BCUT2D eigenvalue weighted by Crippen LogP contribution is -2.40. The first-order chi connectivity index (χ1) is 12.5. The number of fused-ring (bicyclic) bond motifs is 1. The van der Waals surface area contributed by atoms with Crippen LogP contribution in [-0.4, -0.2) is 45.1 Å². The average Bonchev–Trinajstić information content (AvgIpc) is 3.07. The van der Waals surface area contributed by atoms with E-state index in [-0.39, 0.29) is 17.7 Å². The molecule has 26 heavy (non-hydrogen) atoms. The van der Waals surface area contributed by atoms with Crippen molar-refractivity contribution in [1.82, 2.24) is 25.0 Å². The van der Waals surface area contributed by atoms with Crippen LogP contribution in [0.4, 0.5) is 5.82 Å². The summed E-state index contributed by atoms with van der Waals surface area (Å²) in [6.07, 6.45) is 1.59. The Morgan fingerprint density at radius 1 is 1.27 bits per heavy atom. The van der Waals surface area contributed by atoms with Crippen molar-refractivity contribution in [2.75, 3.05) is 18.9 Å². The third-order valence-electron chi connectivity index (χ3n) is 4.36. The molecule has 2 aromatic heterocycles. The smallest absolute Gasteiger partial charge is 0.251 e. The quantitative estimate of drug-likeness (QED) is 0.841. The first-order valence-corrected chi connectivity index (χ1v) is 8.74. The highest BCUT2D eigenvalue weighted by atomic mass is 16.2. The molecule has 0 bridgehead atoms. The third-order valence-corrected chi connectivity index (χ3v) is 4.36. The summed E-state index contributed by atoms with van der Waals surface area (Å²) in [5.41, 5.74) is 2.33. The third kappa shape index (κ3) is 3.84. The van der Waals surface area contributed by atoms with Crippen molar-refractivity contribution in [3.8, 4) is 0 Å². The van der Waals surface area contributed by atoms with Gasteiger partial charge in [-0.05, 0) is 18.2 Å². The van der Waals surface area contributed by atoms with Crippen molar-refractivity contribution in [3.63, 3.8) is 0 Å². The van der Waals surface area contributed by atoms with Crippen LogP contribution in [0.2, 0.25) is 0 Å². The van der Waals surface area contributed by atoms with Crippen molar-refractivity contribution >= 4 is 17.6 Å². The predicted octanol–water partition coefficient (Wildman–Crippen LogP) is 1.25. The maximum atomic E-state index is 12.3. The van der Waals surface area contributed by atoms with Crippen LogP contribution in [-0.2, 0) is 24.4 Å². The topological polar surface area (TPSA) is 92.2 Å². The van der Waals surface area contributed by atoms with Gasteiger partial charge in [0, 0.05) is 31.3 Å². The fourth-order valence-electron chi connectivity index (χ4n) is 2.95. The molecule has 8 heteroatoms. The SMILES string of the molecule is CNc1cc(C(=O)NCc2cc3n(n2)CCN(C(=O)C(C)C)C3)ccn1. The number of amides is 2. The van der Waals surface area contributed by atoms with Crippen molar-refractivity contribution in [3.05, 3.63) is 41.3 Å². The molecule has 3 heterocycles. The second-order valence-electron chi connectivity index (χ2n) is 6.63. The van der Waals surface area contributed by atoms with E-state index in [0.717, 1.165) is 11.4 Å². The molecule has 0 saturated carbocycles. The van der Waals surface area contributed by atoms with E-state index in [1.165, 1.54) is 0 Å². The van der Waals surface area contributed by atoms with Gasteiger partial charge in [-0.2, -0.15) is 5.10 Å². The summed E-state index contributed by atoms with van der Waals surface area (Å²) in [5.74, 6) is 0.618. The Kier molecular flexibility index (Phi) is 5.20. The van der Waals surface area contributed by atoms with Crippen molar-refractivity contribution in [1.29, 1.82) is 0 Å². The molecular formula is C18H24N6O2. The highest BCUT2D eigenvalue weighted by molar-refractivity contribution is 5.94. The standard InChI is InChI=1S/C18H24N6O2/c1-12(2)18(26)23-6-7-24-15(11-23)9-14(22-24)10-21-17(25)13-4-5-20-16(8-13)19-3/h4-5,8-9,12H,6-7,10-11H2,1-3H3,(H,19,20)(H,21,25). The number of rotatable bonds is 5. The Morgan fingerprint density at radius 3 is 2.81 bits per heavy atom. The van der Waals surface area contributed by atoms with Crippen LogP contribution in [0.1, 0.15) is 35.6 Å². The summed E-state index contributed by atoms with van der Waals surface area (Å²) in [4.78, 5) is 30.4. The van der Waals surface area contributed by atoms with E-state index in [1.807, 2.05) is 29.5 Å². The van der Waals surface area contributed by atoms with Gasteiger partial charge in [-0.25, -0.2) is 4.98 Å². The molecule has 0 fully saturated rings. The van der Waals surface area contributed by atoms with Gasteiger partial charge in [0.15, 0.2) is 0 Å². The zero-order chi connectivity index (χ0) is 18.7. The van der Waals surface area contributed by atoms with Gasteiger partial charge in [-0.3, -0.25) is 14.3 Å². The largest absolute Gasteiger partial charge is 0.373 e. The van der Waals surface area contributed by atoms with Crippen LogP contribution in [0.5, 0.6) is 0 Å². The van der Waals surface area contributed by atoms with E-state index in [9.17, 15) is 9.59 Å². The fraction of sp³-hybridized carbons (Fsp3) is 0.444. The Morgan fingerprint density at radius 2 is 2.08 bits per heavy atom. The lowest BCUT2D eigenvalue weighted by molar-refractivity contribution is -0.136. The average molecular weight is 356 g/mol. The number of nitrogens with zero attached hydrogens (tertiary/aromatic N) is 4. The normalized spacial score (nSPS) is 13.5. The summed E-state index contributed by atoms with van der Waals surface area (Å²) in [6, 6.07) is 5.32. The van der Waals surface area contributed by atoms with Crippen LogP contribution in [0, 0.1) is 5.92 Å². The van der Waals surface area contributed by atoms with E-state index in [1.54, 1.807) is 25.4 Å². The van der Waals surface area contributed by atoms with Crippen molar-refractivity contribution < 1.29 is 9.59 Å². The van der Waals surface area contributed by atoms with E-state index in [2.05, 4.69) is 20.7 Å². The highest BCUT2D eigenvalue weighted by Crippen LogP contribution is 2.16. The van der Waals surface area contributed by atoms with Gasteiger partial charge in [0.1, 0.15) is 5.82 Å². The van der Waals surface area contributed by atoms with E-state index in [4.69, 9.17) is 0 Å². The molecule has 0 aromatic carbocycles. The summed E-state index contributed by atoms with van der Waals surface area (Å²) in [5, 5.41) is 10.3. The molecule has 0 atom stereocenters. The first kappa shape index (κ1) is 17.9. The molecular weight excluding hydrogens is 332 g/mol. The number of nitrogens with one attached hydrogen (secondary N) is 2. The minimum atomic E-state index is -0.175. The summed E-state index contributed by atoms with van der Waals surface area (Å²) < 4.78 is 1.91. The van der Waals surface area contributed by atoms with Crippen LogP contribution in [0.15, 0.2) is 24.4 Å². The van der Waals surface area contributed by atoms with E-state index < -0.39 is 0 Å². The number of carbonyl (C=O) groups is 2. The van der Waals surface area contributed by atoms with Crippen LogP contribution in [0.25, 0.3) is 0 Å². The molecule has 2 N–H and O–H groups in total. The summed E-state index contributed by atoms with van der Waals surface area (Å²) in [6.45, 7) is 6.07. The van der Waals surface area contributed by atoms with Gasteiger partial charge in [-0.15, -0.1) is 0 Å². The molecule has 8 nitrogen and oxygen atoms in total. The highest BCUT2D eigenvalue weighted by Gasteiger charge is 2.23. The number of anilines is 1. The van der Waals surface area contributed by atoms with Crippen LogP contribution < -0.4 is 10.6 Å². The maximum absolute atomic E-state index is 12.3. The van der Waals surface area contributed by atoms with Gasteiger partial charge in [0.25, 0.3) is 5.91 Å². The minimum absolute atomic E-state index is 0.00825. The molecule has 0 unspecified atom stereocenters. The Bertz CT molecular complexity index is 814. The zero-order valence-corrected chi connectivity index (χ0v) is 15.3. The molecule has 1 aliphatic rings. The molecule has 3 rings (SSSR count). The number of pyridine rings is 1. The van der Waals surface area contributed by atoms with Gasteiger partial charge in [-0.1, -0.05) is 13.8 Å². The molecule has 0 aliphatic carbocycles. The van der Waals surface area contributed by atoms with E-state index in [0.29, 0.717) is 37.6 Å². The van der Waals surface area contributed by atoms with Gasteiger partial charge in [0.2, 0.25) is 5.91 Å². The molecule has 2 aromatic rings. The van der Waals surface area contributed by atoms with Crippen LogP contribution >= 0.6 is 0 Å². The lowest BCUT2D eigenvalue weighted by Gasteiger charge is -2.29. The molecule has 0 saturated heterocycles. The molecule has 1 aliphatic heterocycles. The Hall–Kier alpha value is -2.90. The Labute approximate surface area is 152 Å². The number of hydrogen-bond donors (Lipinski definition) is 2. The lowest BCUT2D eigenvalue weighted by atomic mass is 10.1. The van der Waals surface area contributed by atoms with Gasteiger partial charge < -0.3 is 15.5 Å². The van der Waals surface area contributed by atoms with Crippen LogP contribution in [0.3, 0.4) is 0 Å². The number of hydrogen-bond acceptors (Lipinski definition) is 5.